The van der Waals surface area contributed by atoms with Gasteiger partial charge in [-0.2, -0.15) is 0 Å². The highest BCUT2D eigenvalue weighted by Gasteiger charge is 2.00. The lowest BCUT2D eigenvalue weighted by Gasteiger charge is -2.04. The number of hydrogen-bond acceptors (Lipinski definition) is 1. The van der Waals surface area contributed by atoms with Gasteiger partial charge in [0.15, 0.2) is 0 Å². The van der Waals surface area contributed by atoms with E-state index in [2.05, 4.69) is 66.2 Å². The third-order valence-electron chi connectivity index (χ3n) is 3.75. The van der Waals surface area contributed by atoms with Crippen LogP contribution in [0.1, 0.15) is 6.92 Å². The molecule has 0 radical (unpaired) electrons. The van der Waals surface area contributed by atoms with Crippen LogP contribution in [0.25, 0.3) is 32.4 Å². The van der Waals surface area contributed by atoms with Gasteiger partial charge in [-0.05, 0) is 58.8 Å². The summed E-state index contributed by atoms with van der Waals surface area (Å²) in [6.45, 7) is 5.42. The number of rotatable bonds is 1. The molecular formula is C22H19N. The van der Waals surface area contributed by atoms with Gasteiger partial charge < -0.3 is 0 Å². The zero-order chi connectivity index (χ0) is 16.1. The predicted molar refractivity (Wildman–Crippen MR) is 102 cm³/mol. The monoisotopic (exact) mass is 297 g/mol. The van der Waals surface area contributed by atoms with Crippen molar-refractivity contribution in [3.05, 3.63) is 91.7 Å². The van der Waals surface area contributed by atoms with Crippen LogP contribution in [-0.2, 0) is 0 Å². The fraction of sp³-hybridized carbons (Fsp3) is 0.0455. The molecule has 23 heavy (non-hydrogen) atoms. The van der Waals surface area contributed by atoms with Crippen LogP contribution in [0.5, 0.6) is 0 Å². The summed E-state index contributed by atoms with van der Waals surface area (Å²) >= 11 is 0. The van der Waals surface area contributed by atoms with Crippen molar-refractivity contribution < 1.29 is 0 Å². The summed E-state index contributed by atoms with van der Waals surface area (Å²) in [7, 11) is 0. The molecule has 0 saturated carbocycles. The molecule has 3 aromatic carbocycles. The van der Waals surface area contributed by atoms with Gasteiger partial charge in [0, 0.05) is 11.6 Å². The molecule has 1 aromatic heterocycles. The molecule has 0 saturated heterocycles. The van der Waals surface area contributed by atoms with Crippen molar-refractivity contribution in [2.75, 3.05) is 0 Å². The lowest BCUT2D eigenvalue weighted by Crippen LogP contribution is -1.80. The third kappa shape index (κ3) is 3.29. The van der Waals surface area contributed by atoms with Gasteiger partial charge in [0.2, 0.25) is 0 Å². The van der Waals surface area contributed by atoms with Gasteiger partial charge in [-0.25, -0.2) is 0 Å². The molecule has 4 rings (SSSR count). The molecule has 112 valence electrons. The van der Waals surface area contributed by atoms with Crippen LogP contribution in [0.15, 0.2) is 91.7 Å². The first-order valence-electron chi connectivity index (χ1n) is 7.73. The van der Waals surface area contributed by atoms with Gasteiger partial charge in [0.05, 0.1) is 5.52 Å². The average Bonchev–Trinajstić information content (AvgIpc) is 2.59. The zero-order valence-electron chi connectivity index (χ0n) is 13.2. The van der Waals surface area contributed by atoms with E-state index >= 15 is 0 Å². The highest BCUT2D eigenvalue weighted by atomic mass is 14.6. The second-order valence-corrected chi connectivity index (χ2v) is 5.36. The molecule has 1 nitrogen and oxygen atoms in total. The summed E-state index contributed by atoms with van der Waals surface area (Å²) < 4.78 is 0. The van der Waals surface area contributed by atoms with Crippen molar-refractivity contribution in [2.24, 2.45) is 0 Å². The molecular weight excluding hydrogens is 278 g/mol. The lowest BCUT2D eigenvalue weighted by molar-refractivity contribution is 1.42. The number of benzene rings is 3. The van der Waals surface area contributed by atoms with Gasteiger partial charge in [-0.15, -0.1) is 0 Å². The third-order valence-corrected chi connectivity index (χ3v) is 3.75. The summed E-state index contributed by atoms with van der Waals surface area (Å²) in [5.74, 6) is 0. The molecule has 4 aromatic rings. The normalized spacial score (nSPS) is 10.8. The molecule has 0 aliphatic heterocycles. The number of nitrogens with zero attached hydrogens (tertiary/aromatic N) is 1. The van der Waals surface area contributed by atoms with E-state index < -0.39 is 0 Å². The molecule has 0 bridgehead atoms. The quantitative estimate of drug-likeness (QED) is 0.297. The largest absolute Gasteiger partial charge is 0.256 e. The first-order valence-corrected chi connectivity index (χ1v) is 7.73. The summed E-state index contributed by atoms with van der Waals surface area (Å²) in [5, 5.41) is 6.28. The topological polar surface area (TPSA) is 12.9 Å². The Balaban J connectivity index is 0.000000276. The number of fused-ring (bicyclic) bond motifs is 3. The Morgan fingerprint density at radius 1 is 0.783 bits per heavy atom. The first-order chi connectivity index (χ1) is 11.3. The van der Waals surface area contributed by atoms with Gasteiger partial charge in [-0.1, -0.05) is 55.1 Å². The zero-order valence-corrected chi connectivity index (χ0v) is 13.2. The maximum Gasteiger partial charge on any atom is 0.0708 e. The van der Waals surface area contributed by atoms with Crippen LogP contribution in [-0.4, -0.2) is 4.98 Å². The Kier molecular flexibility index (Phi) is 4.49. The number of allylic oxidation sites excluding steroid dienone is 3. The van der Waals surface area contributed by atoms with Gasteiger partial charge in [-0.3, -0.25) is 4.98 Å². The number of hydrogen-bond donors (Lipinski definition) is 0. The van der Waals surface area contributed by atoms with Gasteiger partial charge >= 0.3 is 0 Å². The lowest BCUT2D eigenvalue weighted by atomic mass is 10.0. The smallest absolute Gasteiger partial charge is 0.0708 e. The van der Waals surface area contributed by atoms with Gasteiger partial charge in [0.25, 0.3) is 0 Å². The summed E-state index contributed by atoms with van der Waals surface area (Å²) in [4.78, 5) is 4.41. The standard InChI is InChI=1S/C17H11N.C5H8/c1-2-5-13-9-16-11-17-14(6-3-7-18-17)10-15(16)8-12(13)4-1;1-3-5-4-2/h1-11H;3-5H,1H2,2H3. The minimum Gasteiger partial charge on any atom is -0.256 e. The Hall–Kier alpha value is -2.93. The SMILES string of the molecule is C=CC=CC.c1ccc2cc3cc4ncccc4cc3cc2c1. The predicted octanol–water partition coefficient (Wildman–Crippen LogP) is 6.29. The molecule has 0 spiro atoms. The molecule has 0 atom stereocenters. The van der Waals surface area contributed by atoms with E-state index in [1.807, 2.05) is 31.3 Å². The second-order valence-electron chi connectivity index (χ2n) is 5.36. The van der Waals surface area contributed by atoms with Crippen molar-refractivity contribution in [1.82, 2.24) is 4.98 Å². The highest BCUT2D eigenvalue weighted by molar-refractivity contribution is 6.03. The summed E-state index contributed by atoms with van der Waals surface area (Å²) in [5.41, 5.74) is 1.06. The summed E-state index contributed by atoms with van der Waals surface area (Å²) in [6, 6.07) is 21.4. The van der Waals surface area contributed by atoms with E-state index in [0.717, 1.165) is 5.52 Å². The van der Waals surface area contributed by atoms with E-state index in [-0.39, 0.29) is 0 Å². The molecule has 0 aliphatic rings. The van der Waals surface area contributed by atoms with Crippen LogP contribution < -0.4 is 0 Å². The number of pyridine rings is 1. The fourth-order valence-electron chi connectivity index (χ4n) is 2.65. The number of aromatic nitrogens is 1. The first kappa shape index (κ1) is 15.0. The van der Waals surface area contributed by atoms with Crippen molar-refractivity contribution in [2.45, 2.75) is 6.92 Å². The van der Waals surface area contributed by atoms with Crippen molar-refractivity contribution in [3.63, 3.8) is 0 Å². The van der Waals surface area contributed by atoms with Crippen LogP contribution in [0.4, 0.5) is 0 Å². The molecule has 0 N–H and O–H groups in total. The average molecular weight is 297 g/mol. The van der Waals surface area contributed by atoms with Crippen LogP contribution in [0.3, 0.4) is 0 Å². The maximum absolute atomic E-state index is 4.41. The summed E-state index contributed by atoms with van der Waals surface area (Å²) in [6.07, 6.45) is 7.42. The molecule has 0 fully saturated rings. The Bertz CT molecular complexity index is 852. The minimum absolute atomic E-state index is 1.06. The maximum atomic E-state index is 4.41. The van der Waals surface area contributed by atoms with Crippen LogP contribution in [0.2, 0.25) is 0 Å². The minimum atomic E-state index is 1.06. The van der Waals surface area contributed by atoms with Gasteiger partial charge in [0.1, 0.15) is 0 Å². The molecule has 0 unspecified atom stereocenters. The second kappa shape index (κ2) is 6.89. The van der Waals surface area contributed by atoms with E-state index in [1.165, 1.54) is 26.9 Å². The molecule has 1 heteroatoms. The Morgan fingerprint density at radius 2 is 1.39 bits per heavy atom. The fourth-order valence-corrected chi connectivity index (χ4v) is 2.65. The molecule has 0 aliphatic carbocycles. The van der Waals surface area contributed by atoms with Crippen molar-refractivity contribution in [3.8, 4) is 0 Å². The Morgan fingerprint density at radius 3 is 2.00 bits per heavy atom. The van der Waals surface area contributed by atoms with Crippen LogP contribution >= 0.6 is 0 Å². The van der Waals surface area contributed by atoms with E-state index in [0.29, 0.717) is 0 Å². The van der Waals surface area contributed by atoms with Crippen molar-refractivity contribution >= 4 is 32.4 Å². The molecule has 0 amide bonds. The van der Waals surface area contributed by atoms with E-state index in [9.17, 15) is 0 Å². The van der Waals surface area contributed by atoms with Crippen LogP contribution in [0, 0.1) is 0 Å². The van der Waals surface area contributed by atoms with Crippen molar-refractivity contribution in [1.29, 1.82) is 0 Å². The molecule has 1 heterocycles. The van der Waals surface area contributed by atoms with E-state index in [4.69, 9.17) is 0 Å². The van der Waals surface area contributed by atoms with E-state index in [1.54, 1.807) is 6.08 Å². The Labute approximate surface area is 136 Å². The highest BCUT2D eigenvalue weighted by Crippen LogP contribution is 2.26.